The van der Waals surface area contributed by atoms with Crippen molar-refractivity contribution in [3.63, 3.8) is 0 Å². The average molecular weight is 312 g/mol. The van der Waals surface area contributed by atoms with Crippen LogP contribution in [-0.2, 0) is 6.42 Å². The molecule has 0 heterocycles. The monoisotopic (exact) mass is 311 g/mol. The normalized spacial score (nSPS) is 17.3. The summed E-state index contributed by atoms with van der Waals surface area (Å²) in [6, 6.07) is 6.44. The van der Waals surface area contributed by atoms with Gasteiger partial charge in [0.25, 0.3) is 0 Å². The Morgan fingerprint density at radius 2 is 2.17 bits per heavy atom. The van der Waals surface area contributed by atoms with Gasteiger partial charge < -0.3 is 10.1 Å². The highest BCUT2D eigenvalue weighted by Gasteiger charge is 2.36. The lowest BCUT2D eigenvalue weighted by Gasteiger charge is -2.42. The van der Waals surface area contributed by atoms with Crippen LogP contribution in [0.2, 0.25) is 0 Å². The third kappa shape index (κ3) is 3.07. The third-order valence-electron chi connectivity index (χ3n) is 3.96. The molecule has 0 aliphatic heterocycles. The van der Waals surface area contributed by atoms with E-state index in [1.807, 2.05) is 0 Å². The van der Waals surface area contributed by atoms with E-state index in [0.29, 0.717) is 5.41 Å². The fourth-order valence-electron chi connectivity index (χ4n) is 2.74. The zero-order valence-electron chi connectivity index (χ0n) is 11.3. The number of rotatable bonds is 6. The molecule has 1 aromatic carbocycles. The van der Waals surface area contributed by atoms with E-state index in [9.17, 15) is 0 Å². The van der Waals surface area contributed by atoms with Crippen LogP contribution in [0.4, 0.5) is 0 Å². The predicted octanol–water partition coefficient (Wildman–Crippen LogP) is 3.78. The Kier molecular flexibility index (Phi) is 4.68. The number of hydrogen-bond acceptors (Lipinski definition) is 2. The Hall–Kier alpha value is -0.540. The van der Waals surface area contributed by atoms with Crippen molar-refractivity contribution in [2.75, 3.05) is 20.2 Å². The molecule has 0 atom stereocenters. The average Bonchev–Trinajstić information content (AvgIpc) is 2.32. The minimum absolute atomic E-state index is 0.490. The van der Waals surface area contributed by atoms with Gasteiger partial charge in [-0.05, 0) is 64.8 Å². The van der Waals surface area contributed by atoms with Crippen molar-refractivity contribution >= 4 is 15.9 Å². The van der Waals surface area contributed by atoms with Gasteiger partial charge in [-0.15, -0.1) is 0 Å². The van der Waals surface area contributed by atoms with Crippen molar-refractivity contribution in [1.29, 1.82) is 0 Å². The lowest BCUT2D eigenvalue weighted by atomic mass is 9.65. The topological polar surface area (TPSA) is 21.3 Å². The zero-order valence-corrected chi connectivity index (χ0v) is 12.8. The summed E-state index contributed by atoms with van der Waals surface area (Å²) in [4.78, 5) is 0. The van der Waals surface area contributed by atoms with Crippen LogP contribution < -0.4 is 10.1 Å². The molecular formula is C15H22BrNO. The zero-order chi connectivity index (χ0) is 13.0. The first-order chi connectivity index (χ1) is 8.69. The van der Waals surface area contributed by atoms with Gasteiger partial charge >= 0.3 is 0 Å². The number of halogens is 1. The summed E-state index contributed by atoms with van der Waals surface area (Å²) in [5.41, 5.74) is 1.89. The Bertz CT molecular complexity index is 401. The maximum absolute atomic E-state index is 5.28. The predicted molar refractivity (Wildman–Crippen MR) is 79.2 cm³/mol. The summed E-state index contributed by atoms with van der Waals surface area (Å²) < 4.78 is 6.33. The molecule has 2 rings (SSSR count). The van der Waals surface area contributed by atoms with Gasteiger partial charge in [-0.2, -0.15) is 0 Å². The van der Waals surface area contributed by atoms with Crippen molar-refractivity contribution in [1.82, 2.24) is 5.32 Å². The van der Waals surface area contributed by atoms with Crippen LogP contribution in [0.5, 0.6) is 5.75 Å². The molecule has 0 saturated heterocycles. The van der Waals surface area contributed by atoms with E-state index in [2.05, 4.69) is 46.4 Å². The molecule has 2 nitrogen and oxygen atoms in total. The molecule has 0 unspecified atom stereocenters. The second-order valence-corrected chi connectivity index (χ2v) is 6.13. The smallest absolute Gasteiger partial charge is 0.133 e. The van der Waals surface area contributed by atoms with Crippen LogP contribution in [-0.4, -0.2) is 20.2 Å². The quantitative estimate of drug-likeness (QED) is 0.863. The Morgan fingerprint density at radius 1 is 1.39 bits per heavy atom. The van der Waals surface area contributed by atoms with Crippen molar-refractivity contribution < 1.29 is 4.74 Å². The van der Waals surface area contributed by atoms with Crippen molar-refractivity contribution in [3.8, 4) is 5.75 Å². The fourth-order valence-corrected chi connectivity index (χ4v) is 3.32. The molecule has 0 spiro atoms. The molecule has 0 radical (unpaired) electrons. The van der Waals surface area contributed by atoms with Gasteiger partial charge in [-0.1, -0.05) is 19.4 Å². The van der Waals surface area contributed by atoms with Gasteiger partial charge in [0.05, 0.1) is 11.6 Å². The molecule has 0 amide bonds. The minimum atomic E-state index is 0.490. The van der Waals surface area contributed by atoms with Crippen LogP contribution >= 0.6 is 15.9 Å². The summed E-state index contributed by atoms with van der Waals surface area (Å²) in [6.45, 7) is 4.39. The van der Waals surface area contributed by atoms with E-state index in [-0.39, 0.29) is 0 Å². The first-order valence-corrected chi connectivity index (χ1v) is 7.51. The summed E-state index contributed by atoms with van der Waals surface area (Å²) in [7, 11) is 1.71. The highest BCUT2D eigenvalue weighted by molar-refractivity contribution is 9.10. The number of methoxy groups -OCH3 is 1. The number of hydrogen-bond donors (Lipinski definition) is 1. The number of benzene rings is 1. The van der Waals surface area contributed by atoms with Gasteiger partial charge in [0.1, 0.15) is 5.75 Å². The molecule has 1 saturated carbocycles. The molecule has 100 valence electrons. The maximum Gasteiger partial charge on any atom is 0.133 e. The Balaban J connectivity index is 2.05. The number of nitrogens with one attached hydrogen (secondary N) is 1. The minimum Gasteiger partial charge on any atom is -0.496 e. The molecule has 3 heteroatoms. The number of ether oxygens (including phenoxy) is 1. The van der Waals surface area contributed by atoms with Crippen LogP contribution in [0.1, 0.15) is 31.7 Å². The largest absolute Gasteiger partial charge is 0.496 e. The van der Waals surface area contributed by atoms with Gasteiger partial charge in [0, 0.05) is 6.54 Å². The SMILES string of the molecule is CCNCC1(Cc2ccc(OC)c(Br)c2)CCC1. The van der Waals surface area contributed by atoms with Crippen LogP contribution in [0.3, 0.4) is 0 Å². The van der Waals surface area contributed by atoms with Crippen LogP contribution in [0.25, 0.3) is 0 Å². The molecule has 18 heavy (non-hydrogen) atoms. The highest BCUT2D eigenvalue weighted by atomic mass is 79.9. The van der Waals surface area contributed by atoms with E-state index < -0.39 is 0 Å². The molecule has 1 fully saturated rings. The first kappa shape index (κ1) is 13.9. The van der Waals surface area contributed by atoms with Gasteiger partial charge in [-0.25, -0.2) is 0 Å². The lowest BCUT2D eigenvalue weighted by molar-refractivity contribution is 0.131. The van der Waals surface area contributed by atoms with E-state index in [0.717, 1.165) is 23.3 Å². The van der Waals surface area contributed by atoms with Gasteiger partial charge in [-0.3, -0.25) is 0 Å². The fraction of sp³-hybridized carbons (Fsp3) is 0.600. The summed E-state index contributed by atoms with van der Waals surface area (Å²) in [5.74, 6) is 0.910. The first-order valence-electron chi connectivity index (χ1n) is 6.72. The summed E-state index contributed by atoms with van der Waals surface area (Å²) >= 11 is 3.57. The van der Waals surface area contributed by atoms with Crippen molar-refractivity contribution in [2.24, 2.45) is 5.41 Å². The maximum atomic E-state index is 5.28. The van der Waals surface area contributed by atoms with E-state index in [1.165, 1.54) is 31.2 Å². The molecular weight excluding hydrogens is 290 g/mol. The molecule has 1 aliphatic carbocycles. The van der Waals surface area contributed by atoms with Crippen molar-refractivity contribution in [3.05, 3.63) is 28.2 Å². The second kappa shape index (κ2) is 6.07. The second-order valence-electron chi connectivity index (χ2n) is 5.28. The van der Waals surface area contributed by atoms with Gasteiger partial charge in [0.15, 0.2) is 0 Å². The van der Waals surface area contributed by atoms with Crippen molar-refractivity contribution in [2.45, 2.75) is 32.6 Å². The summed E-state index contributed by atoms with van der Waals surface area (Å²) in [5, 5.41) is 3.51. The Morgan fingerprint density at radius 3 is 2.67 bits per heavy atom. The molecule has 0 bridgehead atoms. The van der Waals surface area contributed by atoms with Crippen LogP contribution in [0, 0.1) is 5.41 Å². The standard InChI is InChI=1S/C15H22BrNO/c1-3-17-11-15(7-4-8-15)10-12-5-6-14(18-2)13(16)9-12/h5-6,9,17H,3-4,7-8,10-11H2,1-2H3. The van der Waals surface area contributed by atoms with Gasteiger partial charge in [0.2, 0.25) is 0 Å². The van der Waals surface area contributed by atoms with E-state index in [4.69, 9.17) is 4.74 Å². The van der Waals surface area contributed by atoms with E-state index >= 15 is 0 Å². The lowest BCUT2D eigenvalue weighted by Crippen LogP contribution is -2.41. The van der Waals surface area contributed by atoms with E-state index in [1.54, 1.807) is 7.11 Å². The molecule has 0 aromatic heterocycles. The molecule has 1 aliphatic rings. The third-order valence-corrected chi connectivity index (χ3v) is 4.58. The summed E-state index contributed by atoms with van der Waals surface area (Å²) in [6.07, 6.45) is 5.25. The molecule has 1 aromatic rings. The highest BCUT2D eigenvalue weighted by Crippen LogP contribution is 2.43. The van der Waals surface area contributed by atoms with Crippen LogP contribution in [0.15, 0.2) is 22.7 Å². The molecule has 1 N–H and O–H groups in total. The Labute approximate surface area is 118 Å².